The summed E-state index contributed by atoms with van der Waals surface area (Å²) in [6.07, 6.45) is 1.69. The Morgan fingerprint density at radius 1 is 1.21 bits per heavy atom. The van der Waals surface area contributed by atoms with Crippen molar-refractivity contribution in [3.63, 3.8) is 0 Å². The average molecular weight is 437 g/mol. The Balaban J connectivity index is 1.51. The Bertz CT molecular complexity index is 947. The van der Waals surface area contributed by atoms with E-state index in [1.165, 1.54) is 0 Å². The molecule has 1 heterocycles. The van der Waals surface area contributed by atoms with Crippen molar-refractivity contribution in [3.05, 3.63) is 59.1 Å². The highest BCUT2D eigenvalue weighted by atomic mass is 35.5. The van der Waals surface area contributed by atoms with Gasteiger partial charge in [0, 0.05) is 19.6 Å². The molecule has 0 saturated carbocycles. The Kier molecular flexibility index (Phi) is 7.16. The van der Waals surface area contributed by atoms with Gasteiger partial charge in [0.05, 0.1) is 9.92 Å². The third kappa shape index (κ3) is 5.95. The molecule has 2 aromatic rings. The first kappa shape index (κ1) is 21.6. The molecule has 2 aromatic carbocycles. The molecule has 1 atom stereocenters. The number of nitrogens with zero attached hydrogens (tertiary/aromatic N) is 1. The maximum Gasteiger partial charge on any atom is 0.260 e. The summed E-state index contributed by atoms with van der Waals surface area (Å²) in [4.78, 5) is 14.5. The van der Waals surface area contributed by atoms with Gasteiger partial charge in [0.1, 0.15) is 5.75 Å². The maximum atomic E-state index is 12.5. The minimum atomic E-state index is -3.56. The molecule has 1 saturated heterocycles. The van der Waals surface area contributed by atoms with Crippen LogP contribution in [0, 0.1) is 12.8 Å². The maximum absolute atomic E-state index is 12.5. The van der Waals surface area contributed by atoms with Gasteiger partial charge in [0.2, 0.25) is 10.0 Å². The number of hydrogen-bond acceptors (Lipinski definition) is 4. The summed E-state index contributed by atoms with van der Waals surface area (Å²) in [5.74, 6) is 0.409. The number of piperidine rings is 1. The minimum Gasteiger partial charge on any atom is -0.482 e. The van der Waals surface area contributed by atoms with Gasteiger partial charge in [0.25, 0.3) is 5.91 Å². The van der Waals surface area contributed by atoms with E-state index < -0.39 is 10.0 Å². The number of carbonyl (C=O) groups excluding carboxylic acids is 1. The van der Waals surface area contributed by atoms with Gasteiger partial charge in [-0.1, -0.05) is 41.4 Å². The molecule has 0 bridgehead atoms. The lowest BCUT2D eigenvalue weighted by Gasteiger charge is -2.32. The fourth-order valence-corrected chi connectivity index (χ4v) is 4.59. The number of aryl methyl sites for hydroxylation is 1. The van der Waals surface area contributed by atoms with Crippen molar-refractivity contribution in [3.8, 4) is 5.75 Å². The first-order valence-corrected chi connectivity index (χ1v) is 11.4. The minimum absolute atomic E-state index is 0.0632. The van der Waals surface area contributed by atoms with E-state index in [4.69, 9.17) is 16.3 Å². The van der Waals surface area contributed by atoms with Gasteiger partial charge >= 0.3 is 0 Å². The SMILES string of the molecule is Cc1ccc(S(=O)(=O)NCC2CCCN(C(=O)COc3ccccc3Cl)C2)cc1. The molecule has 1 aliphatic rings. The summed E-state index contributed by atoms with van der Waals surface area (Å²) < 4.78 is 33.1. The molecule has 1 fully saturated rings. The smallest absolute Gasteiger partial charge is 0.260 e. The second kappa shape index (κ2) is 9.61. The van der Waals surface area contributed by atoms with E-state index >= 15 is 0 Å². The van der Waals surface area contributed by atoms with Crippen LogP contribution in [0.4, 0.5) is 0 Å². The Hall–Kier alpha value is -2.09. The van der Waals surface area contributed by atoms with E-state index in [1.54, 1.807) is 53.4 Å². The zero-order chi connectivity index (χ0) is 20.9. The van der Waals surface area contributed by atoms with Crippen LogP contribution in [0.2, 0.25) is 5.02 Å². The second-order valence-corrected chi connectivity index (χ2v) is 9.41. The molecule has 0 aromatic heterocycles. The zero-order valence-corrected chi connectivity index (χ0v) is 17.9. The number of hydrogen-bond donors (Lipinski definition) is 1. The lowest BCUT2D eigenvalue weighted by atomic mass is 9.98. The van der Waals surface area contributed by atoms with Gasteiger partial charge in [-0.15, -0.1) is 0 Å². The fraction of sp³-hybridized carbons (Fsp3) is 0.381. The molecule has 1 amide bonds. The summed E-state index contributed by atoms with van der Waals surface area (Å²) in [5.41, 5.74) is 1.00. The van der Waals surface area contributed by atoms with Crippen LogP contribution in [-0.2, 0) is 14.8 Å². The van der Waals surface area contributed by atoms with Gasteiger partial charge < -0.3 is 9.64 Å². The Labute approximate surface area is 176 Å². The average Bonchev–Trinajstić information content (AvgIpc) is 2.72. The highest BCUT2D eigenvalue weighted by Gasteiger charge is 2.25. The lowest BCUT2D eigenvalue weighted by Crippen LogP contribution is -2.45. The van der Waals surface area contributed by atoms with Crippen molar-refractivity contribution in [1.29, 1.82) is 0 Å². The number of likely N-dealkylation sites (tertiary alicyclic amines) is 1. The molecule has 29 heavy (non-hydrogen) atoms. The summed E-state index contributed by atoms with van der Waals surface area (Å²) in [5, 5.41) is 0.460. The number of rotatable bonds is 7. The van der Waals surface area contributed by atoms with Crippen molar-refractivity contribution in [2.45, 2.75) is 24.7 Å². The van der Waals surface area contributed by atoms with Crippen molar-refractivity contribution < 1.29 is 17.9 Å². The molecular weight excluding hydrogens is 412 g/mol. The van der Waals surface area contributed by atoms with Crippen LogP contribution in [0.1, 0.15) is 18.4 Å². The molecule has 1 N–H and O–H groups in total. The third-order valence-electron chi connectivity index (χ3n) is 4.95. The molecule has 8 heteroatoms. The summed E-state index contributed by atoms with van der Waals surface area (Å²) >= 11 is 6.04. The number of sulfonamides is 1. The molecule has 6 nitrogen and oxygen atoms in total. The predicted octanol–water partition coefficient (Wildman–Crippen LogP) is 3.24. The zero-order valence-electron chi connectivity index (χ0n) is 16.3. The van der Waals surface area contributed by atoms with Gasteiger partial charge in [-0.3, -0.25) is 4.79 Å². The van der Waals surface area contributed by atoms with Crippen molar-refractivity contribution in [1.82, 2.24) is 9.62 Å². The van der Waals surface area contributed by atoms with E-state index in [9.17, 15) is 13.2 Å². The van der Waals surface area contributed by atoms with Crippen molar-refractivity contribution in [2.75, 3.05) is 26.2 Å². The predicted molar refractivity (Wildman–Crippen MR) is 113 cm³/mol. The quantitative estimate of drug-likeness (QED) is 0.722. The van der Waals surface area contributed by atoms with E-state index in [2.05, 4.69) is 4.72 Å². The van der Waals surface area contributed by atoms with Crippen LogP contribution in [0.5, 0.6) is 5.75 Å². The number of para-hydroxylation sites is 1. The number of benzene rings is 2. The van der Waals surface area contributed by atoms with Crippen molar-refractivity contribution >= 4 is 27.5 Å². The van der Waals surface area contributed by atoms with Gasteiger partial charge in [-0.05, 0) is 49.9 Å². The summed E-state index contributed by atoms with van der Waals surface area (Å²) in [7, 11) is -3.56. The molecule has 0 radical (unpaired) electrons. The highest BCUT2D eigenvalue weighted by molar-refractivity contribution is 7.89. The first-order valence-electron chi connectivity index (χ1n) is 9.56. The molecular formula is C21H25ClN2O4S. The van der Waals surface area contributed by atoms with E-state index in [-0.39, 0.29) is 23.3 Å². The molecule has 1 unspecified atom stereocenters. The number of carbonyl (C=O) groups is 1. The number of ether oxygens (including phenoxy) is 1. The molecule has 3 rings (SSSR count). The van der Waals surface area contributed by atoms with Gasteiger partial charge in [0.15, 0.2) is 6.61 Å². The monoisotopic (exact) mass is 436 g/mol. The van der Waals surface area contributed by atoms with Crippen LogP contribution in [0.3, 0.4) is 0 Å². The summed E-state index contributed by atoms with van der Waals surface area (Å²) in [6.45, 7) is 3.26. The van der Waals surface area contributed by atoms with Crippen molar-refractivity contribution in [2.24, 2.45) is 5.92 Å². The summed E-state index contributed by atoms with van der Waals surface area (Å²) in [6, 6.07) is 13.8. The second-order valence-electron chi connectivity index (χ2n) is 7.23. The molecule has 156 valence electrons. The van der Waals surface area contributed by atoms with E-state index in [0.717, 1.165) is 18.4 Å². The standard InChI is InChI=1S/C21H25ClN2O4S/c1-16-8-10-18(11-9-16)29(26,27)23-13-17-5-4-12-24(14-17)21(25)15-28-20-7-3-2-6-19(20)22/h2-3,6-11,17,23H,4-5,12-15H2,1H3. The van der Waals surface area contributed by atoms with Crippen LogP contribution in [-0.4, -0.2) is 45.5 Å². The molecule has 1 aliphatic heterocycles. The number of nitrogens with one attached hydrogen (secondary N) is 1. The first-order chi connectivity index (χ1) is 13.8. The Morgan fingerprint density at radius 3 is 2.66 bits per heavy atom. The number of halogens is 1. The Morgan fingerprint density at radius 2 is 1.93 bits per heavy atom. The van der Waals surface area contributed by atoms with Crippen LogP contribution in [0.25, 0.3) is 0 Å². The molecule has 0 spiro atoms. The lowest BCUT2D eigenvalue weighted by molar-refractivity contribution is -0.135. The van der Waals surface area contributed by atoms with Gasteiger partial charge in [-0.25, -0.2) is 13.1 Å². The highest BCUT2D eigenvalue weighted by Crippen LogP contribution is 2.23. The topological polar surface area (TPSA) is 75.7 Å². The normalized spacial score (nSPS) is 17.2. The van der Waals surface area contributed by atoms with E-state index in [0.29, 0.717) is 30.4 Å². The number of amides is 1. The van der Waals surface area contributed by atoms with Gasteiger partial charge in [-0.2, -0.15) is 0 Å². The van der Waals surface area contributed by atoms with Crippen LogP contribution in [0.15, 0.2) is 53.4 Å². The molecule has 0 aliphatic carbocycles. The van der Waals surface area contributed by atoms with Crippen LogP contribution < -0.4 is 9.46 Å². The third-order valence-corrected chi connectivity index (χ3v) is 6.70. The van der Waals surface area contributed by atoms with Crippen LogP contribution >= 0.6 is 11.6 Å². The fourth-order valence-electron chi connectivity index (χ4n) is 3.28. The largest absolute Gasteiger partial charge is 0.482 e. The van der Waals surface area contributed by atoms with E-state index in [1.807, 2.05) is 6.92 Å².